The predicted octanol–water partition coefficient (Wildman–Crippen LogP) is 4.29. The molecule has 2 aromatic heterocycles. The summed E-state index contributed by atoms with van der Waals surface area (Å²) in [6.45, 7) is 6.36. The molecule has 1 aromatic carbocycles. The van der Waals surface area contributed by atoms with Crippen LogP contribution in [0.5, 0.6) is 0 Å². The maximum Gasteiger partial charge on any atom is 0.410 e. The molecule has 0 spiro atoms. The summed E-state index contributed by atoms with van der Waals surface area (Å²) < 4.78 is 42.0. The normalized spacial score (nSPS) is 19.1. The number of aryl methyl sites for hydroxylation is 2. The minimum Gasteiger partial charge on any atom is -0.444 e. The predicted molar refractivity (Wildman–Crippen MR) is 109 cm³/mol. The number of carbonyl (C=O) groups excluding carboxylic acids is 1. The fraction of sp³-hybridized carbons (Fsp3) is 0.524. The van der Waals surface area contributed by atoms with Gasteiger partial charge in [-0.25, -0.2) is 13.6 Å². The molecule has 1 atom stereocenters. The van der Waals surface area contributed by atoms with Gasteiger partial charge in [-0.3, -0.25) is 4.68 Å². The zero-order valence-electron chi connectivity index (χ0n) is 18.1. The Balaban J connectivity index is 1.54. The first-order valence-corrected chi connectivity index (χ1v) is 10.1. The van der Waals surface area contributed by atoms with E-state index in [2.05, 4.69) is 15.2 Å². The molecule has 0 aliphatic carbocycles. The van der Waals surface area contributed by atoms with Crippen molar-refractivity contribution in [1.82, 2.24) is 24.8 Å². The Hall–Kier alpha value is -3.04. The van der Waals surface area contributed by atoms with Crippen LogP contribution in [0.15, 0.2) is 22.7 Å². The van der Waals surface area contributed by atoms with Gasteiger partial charge >= 0.3 is 6.09 Å². The van der Waals surface area contributed by atoms with Crippen LogP contribution in [-0.2, 0) is 11.8 Å². The number of amides is 1. The molecule has 0 saturated carbocycles. The van der Waals surface area contributed by atoms with Crippen molar-refractivity contribution in [3.8, 4) is 11.4 Å². The number of piperidine rings is 1. The molecule has 1 unspecified atom stereocenters. The van der Waals surface area contributed by atoms with Gasteiger partial charge in [0.2, 0.25) is 11.7 Å². The molecule has 8 nitrogen and oxygen atoms in total. The molecule has 3 heterocycles. The van der Waals surface area contributed by atoms with Gasteiger partial charge in [-0.15, -0.1) is 0 Å². The topological polar surface area (TPSA) is 86.3 Å². The molecule has 31 heavy (non-hydrogen) atoms. The maximum absolute atomic E-state index is 14.9. The van der Waals surface area contributed by atoms with E-state index in [9.17, 15) is 13.6 Å². The average Bonchev–Trinajstić information content (AvgIpc) is 3.24. The number of alkyl halides is 2. The van der Waals surface area contributed by atoms with Gasteiger partial charge < -0.3 is 14.2 Å². The molecule has 1 aliphatic rings. The van der Waals surface area contributed by atoms with Crippen LogP contribution in [0.2, 0.25) is 0 Å². The number of hydrogen-bond donors (Lipinski definition) is 0. The number of benzene rings is 1. The smallest absolute Gasteiger partial charge is 0.410 e. The summed E-state index contributed by atoms with van der Waals surface area (Å²) in [5, 5.41) is 9.29. The fourth-order valence-corrected chi connectivity index (χ4v) is 3.80. The van der Waals surface area contributed by atoms with E-state index in [4.69, 9.17) is 9.26 Å². The highest BCUT2D eigenvalue weighted by molar-refractivity contribution is 5.85. The highest BCUT2D eigenvalue weighted by Crippen LogP contribution is 2.40. The van der Waals surface area contributed by atoms with E-state index in [0.717, 1.165) is 21.5 Å². The molecule has 1 amide bonds. The number of likely N-dealkylation sites (tertiary alicyclic amines) is 1. The number of ether oxygens (including phenoxy) is 1. The first-order valence-electron chi connectivity index (χ1n) is 10.1. The molecule has 1 fully saturated rings. The second-order valence-corrected chi connectivity index (χ2v) is 8.90. The third-order valence-electron chi connectivity index (χ3n) is 5.29. The van der Waals surface area contributed by atoms with Gasteiger partial charge in [0.05, 0.1) is 17.8 Å². The summed E-state index contributed by atoms with van der Waals surface area (Å²) in [6, 6.07) is 5.57. The number of halogens is 2. The van der Waals surface area contributed by atoms with Crippen molar-refractivity contribution in [2.45, 2.75) is 51.6 Å². The molecule has 10 heteroatoms. The number of nitrogens with zero attached hydrogens (tertiary/aromatic N) is 5. The van der Waals surface area contributed by atoms with Gasteiger partial charge in [-0.1, -0.05) is 17.3 Å². The Morgan fingerprint density at radius 2 is 2.06 bits per heavy atom. The number of rotatable bonds is 2. The van der Waals surface area contributed by atoms with Crippen molar-refractivity contribution in [2.75, 3.05) is 13.1 Å². The maximum atomic E-state index is 14.9. The number of hydrogen-bond acceptors (Lipinski definition) is 6. The van der Waals surface area contributed by atoms with Crippen LogP contribution < -0.4 is 0 Å². The summed E-state index contributed by atoms with van der Waals surface area (Å²) >= 11 is 0. The molecule has 1 saturated heterocycles. The summed E-state index contributed by atoms with van der Waals surface area (Å²) in [4.78, 5) is 17.5. The monoisotopic (exact) mass is 433 g/mol. The van der Waals surface area contributed by atoms with Crippen LogP contribution >= 0.6 is 0 Å². The molecule has 4 rings (SSSR count). The van der Waals surface area contributed by atoms with Crippen molar-refractivity contribution in [3.63, 3.8) is 0 Å². The first-order chi connectivity index (χ1) is 14.4. The molecular weight excluding hydrogens is 408 g/mol. The van der Waals surface area contributed by atoms with Gasteiger partial charge in [0.1, 0.15) is 11.5 Å². The van der Waals surface area contributed by atoms with E-state index in [-0.39, 0.29) is 24.7 Å². The first kappa shape index (κ1) is 21.2. The molecule has 0 bridgehead atoms. The van der Waals surface area contributed by atoms with E-state index in [1.54, 1.807) is 25.5 Å². The van der Waals surface area contributed by atoms with E-state index in [1.807, 2.05) is 32.2 Å². The summed E-state index contributed by atoms with van der Waals surface area (Å²) in [7, 11) is 1.83. The zero-order valence-corrected chi connectivity index (χ0v) is 18.1. The standard InChI is InChI=1S/C21H25F2N5O3/c1-12-14-7-6-13(10-16(14)27(5)25-12)17-24-18(31-26-17)15-8-9-28(11-21(15,22)23)19(29)30-20(2,3)4/h6-7,10,15H,8-9,11H2,1-5H3. The molecule has 1 aliphatic heterocycles. The zero-order chi connectivity index (χ0) is 22.6. The highest BCUT2D eigenvalue weighted by Gasteiger charge is 2.50. The van der Waals surface area contributed by atoms with E-state index < -0.39 is 30.1 Å². The van der Waals surface area contributed by atoms with E-state index in [0.29, 0.717) is 5.56 Å². The van der Waals surface area contributed by atoms with E-state index in [1.165, 1.54) is 0 Å². The van der Waals surface area contributed by atoms with Crippen molar-refractivity contribution in [3.05, 3.63) is 29.8 Å². The van der Waals surface area contributed by atoms with Crippen LogP contribution in [0, 0.1) is 6.92 Å². The second kappa shape index (κ2) is 7.28. The fourth-order valence-electron chi connectivity index (χ4n) is 3.80. The van der Waals surface area contributed by atoms with Gasteiger partial charge in [0, 0.05) is 24.5 Å². The Bertz CT molecular complexity index is 1130. The summed E-state index contributed by atoms with van der Waals surface area (Å²) in [5.41, 5.74) is 1.68. The van der Waals surface area contributed by atoms with Crippen LogP contribution in [-0.4, -0.2) is 55.5 Å². The van der Waals surface area contributed by atoms with Gasteiger partial charge in [-0.2, -0.15) is 10.1 Å². The van der Waals surface area contributed by atoms with Crippen molar-refractivity contribution in [2.24, 2.45) is 7.05 Å². The second-order valence-electron chi connectivity index (χ2n) is 8.90. The largest absolute Gasteiger partial charge is 0.444 e. The quantitative estimate of drug-likeness (QED) is 0.599. The SMILES string of the molecule is Cc1nn(C)c2cc(-c3noc(C4CCN(C(=O)OC(C)(C)C)CC4(F)F)n3)ccc12. The lowest BCUT2D eigenvalue weighted by Crippen LogP contribution is -2.51. The van der Waals surface area contributed by atoms with Crippen molar-refractivity contribution in [1.29, 1.82) is 0 Å². The number of carbonyl (C=O) groups is 1. The van der Waals surface area contributed by atoms with Crippen LogP contribution in [0.1, 0.15) is 44.7 Å². The Morgan fingerprint density at radius 1 is 1.32 bits per heavy atom. The van der Waals surface area contributed by atoms with Crippen molar-refractivity contribution < 1.29 is 22.8 Å². The Kier molecular flexibility index (Phi) is 4.98. The molecule has 166 valence electrons. The van der Waals surface area contributed by atoms with Crippen LogP contribution in [0.25, 0.3) is 22.3 Å². The van der Waals surface area contributed by atoms with Crippen molar-refractivity contribution >= 4 is 17.0 Å². The Labute approximate surface area is 178 Å². The highest BCUT2D eigenvalue weighted by atomic mass is 19.3. The number of aromatic nitrogens is 4. The molecule has 3 aromatic rings. The minimum atomic E-state index is -3.22. The third kappa shape index (κ3) is 4.11. The number of fused-ring (bicyclic) bond motifs is 1. The van der Waals surface area contributed by atoms with Gasteiger partial charge in [0.25, 0.3) is 5.92 Å². The minimum absolute atomic E-state index is 0.00611. The van der Waals surface area contributed by atoms with E-state index >= 15 is 0 Å². The molecule has 0 radical (unpaired) electrons. The Morgan fingerprint density at radius 3 is 2.74 bits per heavy atom. The van der Waals surface area contributed by atoms with Crippen LogP contribution in [0.4, 0.5) is 13.6 Å². The van der Waals surface area contributed by atoms with Crippen LogP contribution in [0.3, 0.4) is 0 Å². The van der Waals surface area contributed by atoms with Gasteiger partial charge in [0.15, 0.2) is 0 Å². The molecular formula is C21H25F2N5O3. The van der Waals surface area contributed by atoms with Gasteiger partial charge in [-0.05, 0) is 40.2 Å². The lowest BCUT2D eigenvalue weighted by molar-refractivity contribution is -0.0911. The third-order valence-corrected chi connectivity index (χ3v) is 5.29. The summed E-state index contributed by atoms with van der Waals surface area (Å²) in [5.74, 6) is -4.39. The lowest BCUT2D eigenvalue weighted by atomic mass is 9.93. The summed E-state index contributed by atoms with van der Waals surface area (Å²) in [6.07, 6.45) is -0.759. The lowest BCUT2D eigenvalue weighted by Gasteiger charge is -2.37. The average molecular weight is 433 g/mol. The molecule has 0 N–H and O–H groups in total.